The van der Waals surface area contributed by atoms with Crippen molar-refractivity contribution in [3.8, 4) is 0 Å². The fourth-order valence-electron chi connectivity index (χ4n) is 1.59. The lowest BCUT2D eigenvalue weighted by atomic mass is 10.2. The molecule has 1 aromatic carbocycles. The van der Waals surface area contributed by atoms with Crippen LogP contribution in [0.4, 0.5) is 4.79 Å². The standard InChI is InChI=1S/C13H20N2O2/c1-15(10-6-9-14-13(16)17-2)11-12-7-4-3-5-8-12/h3-5,7-8H,6,9-11H2,1-2H3,(H,14,16). The molecule has 0 saturated carbocycles. The van der Waals surface area contributed by atoms with Crippen LogP contribution in [0.2, 0.25) is 0 Å². The molecule has 4 nitrogen and oxygen atoms in total. The highest BCUT2D eigenvalue weighted by atomic mass is 16.5. The van der Waals surface area contributed by atoms with Gasteiger partial charge in [-0.2, -0.15) is 0 Å². The number of benzene rings is 1. The molecular weight excluding hydrogens is 216 g/mol. The van der Waals surface area contributed by atoms with E-state index in [4.69, 9.17) is 0 Å². The van der Waals surface area contributed by atoms with Crippen LogP contribution in [0.1, 0.15) is 12.0 Å². The Labute approximate surface area is 103 Å². The Morgan fingerprint density at radius 1 is 1.35 bits per heavy atom. The summed E-state index contributed by atoms with van der Waals surface area (Å²) >= 11 is 0. The van der Waals surface area contributed by atoms with Gasteiger partial charge in [0.15, 0.2) is 0 Å². The molecule has 1 rings (SSSR count). The molecule has 1 amide bonds. The number of ether oxygens (including phenoxy) is 1. The van der Waals surface area contributed by atoms with Crippen LogP contribution in [-0.4, -0.2) is 38.2 Å². The first-order valence-corrected chi connectivity index (χ1v) is 5.76. The fraction of sp³-hybridized carbons (Fsp3) is 0.462. The van der Waals surface area contributed by atoms with Crippen molar-refractivity contribution in [3.63, 3.8) is 0 Å². The number of methoxy groups -OCH3 is 1. The quantitative estimate of drug-likeness (QED) is 0.767. The number of alkyl carbamates (subject to hydrolysis) is 1. The predicted octanol–water partition coefficient (Wildman–Crippen LogP) is 1.86. The zero-order valence-electron chi connectivity index (χ0n) is 10.5. The topological polar surface area (TPSA) is 41.6 Å². The number of carbonyl (C=O) groups is 1. The zero-order valence-corrected chi connectivity index (χ0v) is 10.5. The SMILES string of the molecule is COC(=O)NCCCN(C)Cc1ccccc1. The van der Waals surface area contributed by atoms with Crippen molar-refractivity contribution < 1.29 is 9.53 Å². The van der Waals surface area contributed by atoms with Gasteiger partial charge in [0.2, 0.25) is 0 Å². The highest BCUT2D eigenvalue weighted by Crippen LogP contribution is 2.02. The highest BCUT2D eigenvalue weighted by molar-refractivity contribution is 5.66. The van der Waals surface area contributed by atoms with Gasteiger partial charge in [0.05, 0.1) is 7.11 Å². The third-order valence-corrected chi connectivity index (χ3v) is 2.47. The number of carbonyl (C=O) groups excluding carboxylic acids is 1. The first-order chi connectivity index (χ1) is 8.22. The number of amides is 1. The van der Waals surface area contributed by atoms with Gasteiger partial charge in [-0.1, -0.05) is 30.3 Å². The maximum absolute atomic E-state index is 10.8. The van der Waals surface area contributed by atoms with Gasteiger partial charge in [0.25, 0.3) is 0 Å². The molecule has 0 aliphatic rings. The lowest BCUT2D eigenvalue weighted by Gasteiger charge is -2.16. The van der Waals surface area contributed by atoms with Crippen LogP contribution in [0.3, 0.4) is 0 Å². The fourth-order valence-corrected chi connectivity index (χ4v) is 1.59. The molecule has 4 heteroatoms. The highest BCUT2D eigenvalue weighted by Gasteiger charge is 2.01. The summed E-state index contributed by atoms with van der Waals surface area (Å²) in [7, 11) is 3.45. The third-order valence-electron chi connectivity index (χ3n) is 2.47. The monoisotopic (exact) mass is 236 g/mol. The lowest BCUT2D eigenvalue weighted by Crippen LogP contribution is -2.27. The third kappa shape index (κ3) is 5.92. The summed E-state index contributed by atoms with van der Waals surface area (Å²) in [6.07, 6.45) is 0.550. The molecule has 0 aliphatic carbocycles. The van der Waals surface area contributed by atoms with Crippen LogP contribution >= 0.6 is 0 Å². The van der Waals surface area contributed by atoms with Gasteiger partial charge in [0, 0.05) is 13.1 Å². The molecular formula is C13H20N2O2. The van der Waals surface area contributed by atoms with E-state index in [1.54, 1.807) is 0 Å². The maximum Gasteiger partial charge on any atom is 0.406 e. The average molecular weight is 236 g/mol. The van der Waals surface area contributed by atoms with Crippen molar-refractivity contribution in [2.24, 2.45) is 0 Å². The van der Waals surface area contributed by atoms with Crippen molar-refractivity contribution in [2.45, 2.75) is 13.0 Å². The molecule has 0 heterocycles. The zero-order chi connectivity index (χ0) is 12.5. The molecule has 0 atom stereocenters. The summed E-state index contributed by atoms with van der Waals surface area (Å²) in [5.74, 6) is 0. The van der Waals surface area contributed by atoms with Gasteiger partial charge >= 0.3 is 6.09 Å². The first kappa shape index (κ1) is 13.5. The average Bonchev–Trinajstić information content (AvgIpc) is 2.35. The molecule has 1 N–H and O–H groups in total. The van der Waals surface area contributed by atoms with Gasteiger partial charge in [-0.05, 0) is 25.6 Å². The Morgan fingerprint density at radius 2 is 2.06 bits per heavy atom. The summed E-state index contributed by atoms with van der Waals surface area (Å²) in [5, 5.41) is 2.66. The maximum atomic E-state index is 10.8. The van der Waals surface area contributed by atoms with E-state index in [2.05, 4.69) is 34.1 Å². The smallest absolute Gasteiger partial charge is 0.406 e. The van der Waals surface area contributed by atoms with Crippen LogP contribution < -0.4 is 5.32 Å². The van der Waals surface area contributed by atoms with Crippen molar-refractivity contribution in [3.05, 3.63) is 35.9 Å². The molecule has 94 valence electrons. The molecule has 0 radical (unpaired) electrons. The summed E-state index contributed by atoms with van der Waals surface area (Å²) in [4.78, 5) is 13.0. The number of nitrogens with one attached hydrogen (secondary N) is 1. The molecule has 0 unspecified atom stereocenters. The Hall–Kier alpha value is -1.55. The second-order valence-electron chi connectivity index (χ2n) is 4.00. The molecule has 0 saturated heterocycles. The van der Waals surface area contributed by atoms with Crippen LogP contribution in [0.15, 0.2) is 30.3 Å². The van der Waals surface area contributed by atoms with Crippen molar-refractivity contribution in [1.82, 2.24) is 10.2 Å². The Bertz CT molecular complexity index is 327. The second kappa shape index (κ2) is 7.68. The largest absolute Gasteiger partial charge is 0.453 e. The minimum Gasteiger partial charge on any atom is -0.453 e. The predicted molar refractivity (Wildman–Crippen MR) is 67.8 cm³/mol. The van der Waals surface area contributed by atoms with Crippen molar-refractivity contribution in [1.29, 1.82) is 0 Å². The van der Waals surface area contributed by atoms with Gasteiger partial charge in [-0.3, -0.25) is 0 Å². The number of nitrogens with zero attached hydrogens (tertiary/aromatic N) is 1. The number of rotatable bonds is 6. The van der Waals surface area contributed by atoms with E-state index in [9.17, 15) is 4.79 Å². The molecule has 17 heavy (non-hydrogen) atoms. The van der Waals surface area contributed by atoms with E-state index in [1.165, 1.54) is 12.7 Å². The Kier molecular flexibility index (Phi) is 6.10. The lowest BCUT2D eigenvalue weighted by molar-refractivity contribution is 0.170. The van der Waals surface area contributed by atoms with Crippen LogP contribution in [0.5, 0.6) is 0 Å². The van der Waals surface area contributed by atoms with Crippen molar-refractivity contribution >= 4 is 6.09 Å². The first-order valence-electron chi connectivity index (χ1n) is 5.76. The Balaban J connectivity index is 2.13. The Morgan fingerprint density at radius 3 is 2.71 bits per heavy atom. The van der Waals surface area contributed by atoms with E-state index < -0.39 is 0 Å². The number of hydrogen-bond donors (Lipinski definition) is 1. The summed E-state index contributed by atoms with van der Waals surface area (Å²) in [5.41, 5.74) is 1.30. The molecule has 0 spiro atoms. The van der Waals surface area contributed by atoms with Crippen LogP contribution in [0, 0.1) is 0 Å². The van der Waals surface area contributed by atoms with Gasteiger partial charge in [-0.25, -0.2) is 4.79 Å². The van der Waals surface area contributed by atoms with E-state index >= 15 is 0 Å². The second-order valence-corrected chi connectivity index (χ2v) is 4.00. The van der Waals surface area contributed by atoms with Crippen molar-refractivity contribution in [2.75, 3.05) is 27.2 Å². The molecule has 0 fully saturated rings. The molecule has 0 aliphatic heterocycles. The van der Waals surface area contributed by atoms with Gasteiger partial charge < -0.3 is 15.0 Å². The summed E-state index contributed by atoms with van der Waals surface area (Å²) < 4.78 is 4.49. The van der Waals surface area contributed by atoms with E-state index in [1.807, 2.05) is 18.2 Å². The molecule has 1 aromatic rings. The van der Waals surface area contributed by atoms with Crippen LogP contribution in [-0.2, 0) is 11.3 Å². The molecule has 0 aromatic heterocycles. The number of hydrogen-bond acceptors (Lipinski definition) is 3. The molecule has 0 bridgehead atoms. The normalized spacial score (nSPS) is 10.3. The van der Waals surface area contributed by atoms with Gasteiger partial charge in [-0.15, -0.1) is 0 Å². The van der Waals surface area contributed by atoms with E-state index in [-0.39, 0.29) is 6.09 Å². The minimum absolute atomic E-state index is 0.365. The van der Waals surface area contributed by atoms with Gasteiger partial charge in [0.1, 0.15) is 0 Å². The summed E-state index contributed by atoms with van der Waals surface area (Å²) in [6.45, 7) is 2.52. The van der Waals surface area contributed by atoms with E-state index in [0.29, 0.717) is 6.54 Å². The van der Waals surface area contributed by atoms with Crippen LogP contribution in [0.25, 0.3) is 0 Å². The summed E-state index contributed by atoms with van der Waals surface area (Å²) in [6, 6.07) is 10.3. The minimum atomic E-state index is -0.365. The van der Waals surface area contributed by atoms with E-state index in [0.717, 1.165) is 19.5 Å².